The van der Waals surface area contributed by atoms with Crippen molar-refractivity contribution in [3.05, 3.63) is 41.3 Å². The van der Waals surface area contributed by atoms with Crippen molar-refractivity contribution >= 4 is 23.1 Å². The second kappa shape index (κ2) is 5.01. The van der Waals surface area contributed by atoms with Gasteiger partial charge in [0.2, 0.25) is 5.28 Å². The molecule has 17 heavy (non-hydrogen) atoms. The zero-order chi connectivity index (χ0) is 12.3. The normalized spacial score (nSPS) is 10.1. The first-order chi connectivity index (χ1) is 8.19. The van der Waals surface area contributed by atoms with Crippen LogP contribution in [0.15, 0.2) is 30.5 Å². The van der Waals surface area contributed by atoms with E-state index in [0.717, 1.165) is 17.0 Å². The lowest BCUT2D eigenvalue weighted by atomic mass is 10.2. The van der Waals surface area contributed by atoms with Gasteiger partial charge in [-0.2, -0.15) is 0 Å². The van der Waals surface area contributed by atoms with Crippen LogP contribution in [0.4, 0.5) is 11.5 Å². The lowest BCUT2D eigenvalue weighted by molar-refractivity contribution is 0.414. The minimum Gasteiger partial charge on any atom is -0.497 e. The van der Waals surface area contributed by atoms with Crippen LogP contribution in [0.2, 0.25) is 5.28 Å². The molecule has 0 amide bonds. The summed E-state index contributed by atoms with van der Waals surface area (Å²) in [6.45, 7) is 1.99. The van der Waals surface area contributed by atoms with Gasteiger partial charge in [0.25, 0.3) is 0 Å². The number of nitrogens with zero attached hydrogens (tertiary/aromatic N) is 2. The van der Waals surface area contributed by atoms with E-state index in [1.807, 2.05) is 25.1 Å². The Morgan fingerprint density at radius 2 is 2.12 bits per heavy atom. The third-order valence-electron chi connectivity index (χ3n) is 2.32. The molecule has 0 aliphatic heterocycles. The number of benzene rings is 1. The van der Waals surface area contributed by atoms with Gasteiger partial charge < -0.3 is 10.1 Å². The van der Waals surface area contributed by atoms with Crippen LogP contribution in [0.25, 0.3) is 0 Å². The number of ether oxygens (including phenoxy) is 1. The minimum atomic E-state index is 0.223. The number of nitrogens with one attached hydrogen (secondary N) is 1. The minimum absolute atomic E-state index is 0.223. The summed E-state index contributed by atoms with van der Waals surface area (Å²) in [4.78, 5) is 7.89. The van der Waals surface area contributed by atoms with Gasteiger partial charge in [0.1, 0.15) is 11.6 Å². The van der Waals surface area contributed by atoms with Gasteiger partial charge in [-0.15, -0.1) is 0 Å². The number of halogens is 1. The van der Waals surface area contributed by atoms with Gasteiger partial charge in [-0.1, -0.05) is 0 Å². The van der Waals surface area contributed by atoms with Crippen molar-refractivity contribution in [2.45, 2.75) is 6.92 Å². The first-order valence-electron chi connectivity index (χ1n) is 5.09. The Labute approximate surface area is 105 Å². The summed E-state index contributed by atoms with van der Waals surface area (Å²) in [6.07, 6.45) is 1.61. The fourth-order valence-corrected chi connectivity index (χ4v) is 1.59. The Kier molecular flexibility index (Phi) is 3.44. The molecule has 0 aliphatic carbocycles. The highest BCUT2D eigenvalue weighted by molar-refractivity contribution is 6.28. The van der Waals surface area contributed by atoms with E-state index in [4.69, 9.17) is 16.3 Å². The van der Waals surface area contributed by atoms with E-state index in [1.165, 1.54) is 0 Å². The second-order valence-corrected chi connectivity index (χ2v) is 3.85. The Morgan fingerprint density at radius 3 is 2.76 bits per heavy atom. The van der Waals surface area contributed by atoms with Crippen molar-refractivity contribution < 1.29 is 4.74 Å². The van der Waals surface area contributed by atoms with Crippen LogP contribution in [0, 0.1) is 6.92 Å². The van der Waals surface area contributed by atoms with Gasteiger partial charge in [0, 0.05) is 11.9 Å². The Hall–Kier alpha value is -1.81. The number of methoxy groups -OCH3 is 1. The number of aryl methyl sites for hydroxylation is 1. The maximum absolute atomic E-state index is 5.72. The molecular formula is C12H12ClN3O. The second-order valence-electron chi connectivity index (χ2n) is 3.52. The van der Waals surface area contributed by atoms with E-state index < -0.39 is 0 Å². The molecule has 5 heteroatoms. The average molecular weight is 250 g/mol. The molecule has 4 nitrogen and oxygen atoms in total. The molecule has 0 radical (unpaired) electrons. The van der Waals surface area contributed by atoms with Crippen molar-refractivity contribution in [3.8, 4) is 5.75 Å². The van der Waals surface area contributed by atoms with Crippen molar-refractivity contribution in [2.24, 2.45) is 0 Å². The zero-order valence-electron chi connectivity index (χ0n) is 9.57. The third-order valence-corrected chi connectivity index (χ3v) is 2.50. The molecule has 88 valence electrons. The van der Waals surface area contributed by atoms with Crippen LogP contribution < -0.4 is 10.1 Å². The van der Waals surface area contributed by atoms with E-state index in [2.05, 4.69) is 15.3 Å². The van der Waals surface area contributed by atoms with Crippen molar-refractivity contribution in [2.75, 3.05) is 12.4 Å². The quantitative estimate of drug-likeness (QED) is 0.849. The molecule has 2 rings (SSSR count). The van der Waals surface area contributed by atoms with Crippen molar-refractivity contribution in [1.29, 1.82) is 0 Å². The zero-order valence-corrected chi connectivity index (χ0v) is 10.3. The maximum Gasteiger partial charge on any atom is 0.224 e. The number of hydrogen-bond acceptors (Lipinski definition) is 4. The van der Waals surface area contributed by atoms with Gasteiger partial charge in [-0.3, -0.25) is 0 Å². The van der Waals surface area contributed by atoms with E-state index in [1.54, 1.807) is 19.4 Å². The fourth-order valence-electron chi connectivity index (χ4n) is 1.45. The summed E-state index contributed by atoms with van der Waals surface area (Å²) >= 11 is 5.72. The highest BCUT2D eigenvalue weighted by Gasteiger charge is 2.02. The van der Waals surface area contributed by atoms with Crippen LogP contribution >= 0.6 is 11.6 Å². The van der Waals surface area contributed by atoms with E-state index in [0.29, 0.717) is 5.82 Å². The first kappa shape index (κ1) is 11.7. The molecule has 1 heterocycles. The topological polar surface area (TPSA) is 47.0 Å². The van der Waals surface area contributed by atoms with Crippen LogP contribution in [0.3, 0.4) is 0 Å². The van der Waals surface area contributed by atoms with Crippen LogP contribution in [-0.2, 0) is 0 Å². The molecule has 1 aromatic carbocycles. The van der Waals surface area contributed by atoms with E-state index >= 15 is 0 Å². The first-order valence-corrected chi connectivity index (χ1v) is 5.47. The molecule has 0 unspecified atom stereocenters. The highest BCUT2D eigenvalue weighted by Crippen LogP contribution is 2.23. The summed E-state index contributed by atoms with van der Waals surface area (Å²) in [6, 6.07) is 7.53. The summed E-state index contributed by atoms with van der Waals surface area (Å²) < 4.78 is 5.14. The van der Waals surface area contributed by atoms with Gasteiger partial charge in [0.15, 0.2) is 0 Å². The standard InChI is InChI=1S/C12H12ClN3O/c1-8-7-9(17-2)3-4-10(8)15-11-5-6-14-12(13)16-11/h3-7H,1-2H3,(H,14,15,16). The summed E-state index contributed by atoms with van der Waals surface area (Å²) in [5.41, 5.74) is 2.03. The molecule has 0 saturated heterocycles. The number of aromatic nitrogens is 2. The van der Waals surface area contributed by atoms with Crippen LogP contribution in [0.5, 0.6) is 5.75 Å². The van der Waals surface area contributed by atoms with Gasteiger partial charge in [0.05, 0.1) is 7.11 Å². The SMILES string of the molecule is COc1ccc(Nc2ccnc(Cl)n2)c(C)c1. The average Bonchev–Trinajstić information content (AvgIpc) is 2.32. The number of hydrogen-bond donors (Lipinski definition) is 1. The Bertz CT molecular complexity index is 531. The molecule has 0 fully saturated rings. The lowest BCUT2D eigenvalue weighted by Crippen LogP contribution is -1.97. The molecule has 0 atom stereocenters. The van der Waals surface area contributed by atoms with Gasteiger partial charge >= 0.3 is 0 Å². The number of anilines is 2. The van der Waals surface area contributed by atoms with Crippen LogP contribution in [0.1, 0.15) is 5.56 Å². The van der Waals surface area contributed by atoms with Crippen molar-refractivity contribution in [1.82, 2.24) is 9.97 Å². The third kappa shape index (κ3) is 2.85. The maximum atomic E-state index is 5.72. The summed E-state index contributed by atoms with van der Waals surface area (Å²) in [7, 11) is 1.64. The molecule has 0 saturated carbocycles. The summed E-state index contributed by atoms with van der Waals surface area (Å²) in [5.74, 6) is 1.49. The highest BCUT2D eigenvalue weighted by atomic mass is 35.5. The molecule has 0 aliphatic rings. The molecule has 0 bridgehead atoms. The van der Waals surface area contributed by atoms with E-state index in [-0.39, 0.29) is 5.28 Å². The molecular weight excluding hydrogens is 238 g/mol. The molecule has 2 aromatic rings. The predicted molar refractivity (Wildman–Crippen MR) is 68.1 cm³/mol. The smallest absolute Gasteiger partial charge is 0.224 e. The monoisotopic (exact) mass is 249 g/mol. The van der Waals surface area contributed by atoms with Crippen molar-refractivity contribution in [3.63, 3.8) is 0 Å². The Balaban J connectivity index is 2.24. The molecule has 1 N–H and O–H groups in total. The van der Waals surface area contributed by atoms with Gasteiger partial charge in [-0.05, 0) is 48.4 Å². The van der Waals surface area contributed by atoms with E-state index in [9.17, 15) is 0 Å². The lowest BCUT2D eigenvalue weighted by Gasteiger charge is -2.10. The fraction of sp³-hybridized carbons (Fsp3) is 0.167. The summed E-state index contributed by atoms with van der Waals surface area (Å²) in [5, 5.41) is 3.40. The largest absolute Gasteiger partial charge is 0.497 e. The van der Waals surface area contributed by atoms with Crippen LogP contribution in [-0.4, -0.2) is 17.1 Å². The predicted octanol–water partition coefficient (Wildman–Crippen LogP) is 3.19. The molecule has 0 spiro atoms. The molecule has 1 aromatic heterocycles. The number of rotatable bonds is 3. The van der Waals surface area contributed by atoms with Gasteiger partial charge in [-0.25, -0.2) is 9.97 Å². The Morgan fingerprint density at radius 1 is 1.29 bits per heavy atom.